The van der Waals surface area contributed by atoms with Gasteiger partial charge in [-0.3, -0.25) is 0 Å². The fourth-order valence-corrected chi connectivity index (χ4v) is 11.6. The van der Waals surface area contributed by atoms with Gasteiger partial charge in [-0.05, 0) is 91.6 Å². The van der Waals surface area contributed by atoms with Crippen LogP contribution in [0.5, 0.6) is 5.75 Å². The van der Waals surface area contributed by atoms with E-state index in [0.717, 1.165) is 18.6 Å². The zero-order chi connectivity index (χ0) is 33.5. The number of rotatable bonds is 9. The van der Waals surface area contributed by atoms with Gasteiger partial charge in [-0.1, -0.05) is 163 Å². The first kappa shape index (κ1) is 32.8. The first-order valence-electron chi connectivity index (χ1n) is 17.3. The third kappa shape index (κ3) is 5.93. The molecule has 0 N–H and O–H groups in total. The number of aryl methyl sites for hydroxylation is 3. The molecular weight excluding hydrogens is 585 g/mol. The molecule has 2 heteroatoms. The molecule has 6 rings (SSSR count). The first-order chi connectivity index (χ1) is 22.5. The van der Waals surface area contributed by atoms with Crippen LogP contribution in [-0.2, 0) is 18.3 Å². The van der Waals surface area contributed by atoms with Crippen molar-refractivity contribution in [3.63, 3.8) is 0 Å². The summed E-state index contributed by atoms with van der Waals surface area (Å²) in [5.41, 5.74) is 16.5. The van der Waals surface area contributed by atoms with Gasteiger partial charge in [-0.2, -0.15) is 0 Å². The van der Waals surface area contributed by atoms with E-state index in [1.54, 1.807) is 0 Å². The van der Waals surface area contributed by atoms with E-state index in [2.05, 4.69) is 158 Å². The molecule has 1 aliphatic rings. The Labute approximate surface area is 284 Å². The van der Waals surface area contributed by atoms with Crippen molar-refractivity contribution >= 4 is 13.3 Å². The summed E-state index contributed by atoms with van der Waals surface area (Å²) in [6.07, 6.45) is 3.90. The summed E-state index contributed by atoms with van der Waals surface area (Å²) < 4.78 is 6.68. The van der Waals surface area contributed by atoms with Gasteiger partial charge >= 0.3 is 0 Å². The second-order valence-corrected chi connectivity index (χ2v) is 19.4. The highest BCUT2D eigenvalue weighted by Gasteiger charge is 2.45. The van der Waals surface area contributed by atoms with E-state index in [-0.39, 0.29) is 11.0 Å². The summed E-state index contributed by atoms with van der Waals surface area (Å²) in [6, 6.07) is 37.1. The third-order valence-corrected chi connectivity index (χ3v) is 14.1. The molecular formula is C45H50OSi. The van der Waals surface area contributed by atoms with E-state index in [9.17, 15) is 0 Å². The zero-order valence-corrected chi connectivity index (χ0v) is 30.6. The van der Waals surface area contributed by atoms with E-state index in [4.69, 9.17) is 4.74 Å². The molecule has 0 radical (unpaired) electrons. The van der Waals surface area contributed by atoms with Crippen LogP contribution in [0.2, 0.25) is 13.1 Å². The fourth-order valence-electron chi connectivity index (χ4n) is 7.86. The minimum atomic E-state index is -2.34. The molecule has 0 bridgehead atoms. The first-order valence-corrected chi connectivity index (χ1v) is 20.4. The molecule has 0 unspecified atom stereocenters. The van der Waals surface area contributed by atoms with Crippen molar-refractivity contribution in [3.8, 4) is 39.1 Å². The molecule has 0 amide bonds. The van der Waals surface area contributed by atoms with Crippen molar-refractivity contribution in [1.29, 1.82) is 0 Å². The number of hydrogen-bond donors (Lipinski definition) is 0. The average Bonchev–Trinajstić information content (AvgIpc) is 3.40. The Kier molecular flexibility index (Phi) is 8.93. The van der Waals surface area contributed by atoms with Crippen molar-refractivity contribution in [1.82, 2.24) is 0 Å². The Balaban J connectivity index is 1.63. The smallest absolute Gasteiger partial charge is 0.122 e. The molecule has 1 nitrogen and oxygen atoms in total. The van der Waals surface area contributed by atoms with Crippen LogP contribution in [0.3, 0.4) is 0 Å². The largest absolute Gasteiger partial charge is 0.489 e. The van der Waals surface area contributed by atoms with Crippen LogP contribution in [0.1, 0.15) is 73.5 Å². The summed E-state index contributed by atoms with van der Waals surface area (Å²) in [4.78, 5) is 0. The molecule has 0 fully saturated rings. The average molecular weight is 635 g/mol. The highest BCUT2D eigenvalue weighted by atomic mass is 28.3. The van der Waals surface area contributed by atoms with Crippen LogP contribution < -0.4 is 9.92 Å². The predicted molar refractivity (Wildman–Crippen MR) is 206 cm³/mol. The maximum atomic E-state index is 6.68. The summed E-state index contributed by atoms with van der Waals surface area (Å²) in [5, 5.41) is 1.40. The van der Waals surface area contributed by atoms with E-state index < -0.39 is 8.07 Å². The molecule has 5 aromatic carbocycles. The van der Waals surface area contributed by atoms with E-state index in [1.807, 2.05) is 6.08 Å². The van der Waals surface area contributed by atoms with E-state index in [1.165, 1.54) is 71.9 Å². The van der Waals surface area contributed by atoms with Crippen molar-refractivity contribution in [2.75, 3.05) is 6.61 Å². The Hall–Kier alpha value is -4.14. The summed E-state index contributed by atoms with van der Waals surface area (Å²) in [7, 11) is -2.34. The lowest BCUT2D eigenvalue weighted by molar-refractivity contribution is 0.353. The molecule has 0 aromatic heterocycles. The molecule has 47 heavy (non-hydrogen) atoms. The molecule has 0 heterocycles. The van der Waals surface area contributed by atoms with E-state index >= 15 is 0 Å². The van der Waals surface area contributed by atoms with Crippen LogP contribution in [0.4, 0.5) is 0 Å². The molecule has 0 aliphatic heterocycles. The quantitative estimate of drug-likeness (QED) is 0.116. The number of ether oxygens (including phenoxy) is 1. The van der Waals surface area contributed by atoms with Crippen LogP contribution in [0.25, 0.3) is 33.4 Å². The molecule has 5 aromatic rings. The van der Waals surface area contributed by atoms with Gasteiger partial charge in [0, 0.05) is 5.54 Å². The lowest BCUT2D eigenvalue weighted by atomic mass is 9.85. The van der Waals surface area contributed by atoms with Crippen LogP contribution in [0.15, 0.2) is 110 Å². The lowest BCUT2D eigenvalue weighted by Crippen LogP contribution is -2.49. The SMILES string of the molecule is C=CCOc1c(C(C)(C)C)cc(C)cc1[Si](C)(C)C1c2cc(-c3ccccc3CC)ccc2-c2ccc(-c3ccccc3CC)cc21. The number of fused-ring (bicyclic) bond motifs is 3. The zero-order valence-electron chi connectivity index (χ0n) is 29.6. The fraction of sp³-hybridized carbons (Fsp3) is 0.289. The van der Waals surface area contributed by atoms with Crippen molar-refractivity contribution in [2.45, 2.75) is 78.4 Å². The Morgan fingerprint density at radius 1 is 0.702 bits per heavy atom. The highest BCUT2D eigenvalue weighted by molar-refractivity contribution is 6.92. The Morgan fingerprint density at radius 3 is 1.68 bits per heavy atom. The van der Waals surface area contributed by atoms with Crippen molar-refractivity contribution in [3.05, 3.63) is 143 Å². The van der Waals surface area contributed by atoms with Crippen LogP contribution >= 0.6 is 0 Å². The maximum absolute atomic E-state index is 6.68. The predicted octanol–water partition coefficient (Wildman–Crippen LogP) is 11.6. The summed E-state index contributed by atoms with van der Waals surface area (Å²) >= 11 is 0. The van der Waals surface area contributed by atoms with Gasteiger partial charge in [0.05, 0.1) is 8.07 Å². The second kappa shape index (κ2) is 12.8. The standard InChI is InChI=1S/C45H50OSi/c1-10-25-46-43-41(45(5,6)7)26-30(4)27-42(43)47(8,9)44-39-28-33(35-19-15-13-17-31(35)11-2)21-23-37(39)38-24-22-34(29-40(38)44)36-20-16-14-18-32(36)12-3/h10,13-24,26-29,44H,1,11-12,25H2,2-9H3. The van der Waals surface area contributed by atoms with Crippen molar-refractivity contribution < 1.29 is 4.74 Å². The van der Waals surface area contributed by atoms with E-state index in [0.29, 0.717) is 6.61 Å². The Morgan fingerprint density at radius 2 is 1.21 bits per heavy atom. The highest BCUT2D eigenvalue weighted by Crippen LogP contribution is 2.52. The second-order valence-electron chi connectivity index (χ2n) is 14.8. The number of benzene rings is 5. The lowest BCUT2D eigenvalue weighted by Gasteiger charge is -2.36. The van der Waals surface area contributed by atoms with Gasteiger partial charge in [0.15, 0.2) is 0 Å². The van der Waals surface area contributed by atoms with Gasteiger partial charge in [0.1, 0.15) is 12.4 Å². The van der Waals surface area contributed by atoms with Gasteiger partial charge in [0.2, 0.25) is 0 Å². The molecule has 0 saturated carbocycles. The van der Waals surface area contributed by atoms with Gasteiger partial charge in [0.25, 0.3) is 0 Å². The molecule has 240 valence electrons. The molecule has 0 spiro atoms. The van der Waals surface area contributed by atoms with Gasteiger partial charge in [-0.15, -0.1) is 0 Å². The van der Waals surface area contributed by atoms with Gasteiger partial charge in [-0.25, -0.2) is 0 Å². The molecule has 1 aliphatic carbocycles. The monoisotopic (exact) mass is 634 g/mol. The Bertz CT molecular complexity index is 1860. The van der Waals surface area contributed by atoms with Gasteiger partial charge < -0.3 is 4.74 Å². The molecule has 0 saturated heterocycles. The van der Waals surface area contributed by atoms with Crippen LogP contribution in [-0.4, -0.2) is 14.7 Å². The topological polar surface area (TPSA) is 9.23 Å². The molecule has 0 atom stereocenters. The number of hydrogen-bond acceptors (Lipinski definition) is 1. The minimum Gasteiger partial charge on any atom is -0.489 e. The summed E-state index contributed by atoms with van der Waals surface area (Å²) in [6.45, 7) is 23.3. The normalized spacial score (nSPS) is 12.9. The van der Waals surface area contributed by atoms with Crippen molar-refractivity contribution in [2.24, 2.45) is 0 Å². The summed E-state index contributed by atoms with van der Waals surface area (Å²) in [5.74, 6) is 1.06. The maximum Gasteiger partial charge on any atom is 0.122 e. The minimum absolute atomic E-state index is 0.0543. The third-order valence-electron chi connectivity index (χ3n) is 10.2. The van der Waals surface area contributed by atoms with Crippen LogP contribution in [0, 0.1) is 6.92 Å².